The summed E-state index contributed by atoms with van der Waals surface area (Å²) in [5.74, 6) is 0. The van der Waals surface area contributed by atoms with E-state index in [-0.39, 0.29) is 5.41 Å². The van der Waals surface area contributed by atoms with Crippen molar-refractivity contribution in [3.8, 4) is 39.3 Å². The van der Waals surface area contributed by atoms with Gasteiger partial charge < -0.3 is 18.6 Å². The lowest BCUT2D eigenvalue weighted by Crippen LogP contribution is -2.17. The fourth-order valence-electron chi connectivity index (χ4n) is 12.6. The summed E-state index contributed by atoms with van der Waals surface area (Å²) >= 11 is 0. The monoisotopic (exact) mass is 1000 g/mol. The van der Waals surface area contributed by atoms with E-state index < -0.39 is 0 Å². The third-order valence-electron chi connectivity index (χ3n) is 16.1. The van der Waals surface area contributed by atoms with E-state index in [2.05, 4.69) is 294 Å². The number of aromatic nitrogens is 3. The molecule has 1 aliphatic rings. The van der Waals surface area contributed by atoms with Gasteiger partial charge in [0.05, 0.1) is 33.1 Å². The fraction of sp³-hybridized carbons (Fsp3) is 0.0541. The maximum absolute atomic E-state index is 3.46. The van der Waals surface area contributed by atoms with E-state index in [1.54, 1.807) is 6.08 Å². The van der Waals surface area contributed by atoms with Gasteiger partial charge >= 0.3 is 0 Å². The van der Waals surface area contributed by atoms with Crippen LogP contribution in [0.5, 0.6) is 0 Å². The minimum absolute atomic E-state index is 0.260. The van der Waals surface area contributed by atoms with E-state index in [1.165, 1.54) is 98.8 Å². The summed E-state index contributed by atoms with van der Waals surface area (Å²) in [5.41, 5.74) is 21.4. The fourth-order valence-corrected chi connectivity index (χ4v) is 12.6. The molecule has 0 bridgehead atoms. The molecule has 4 nitrogen and oxygen atoms in total. The van der Waals surface area contributed by atoms with Crippen molar-refractivity contribution in [1.82, 2.24) is 13.7 Å². The highest BCUT2D eigenvalue weighted by molar-refractivity contribution is 6.31. The van der Waals surface area contributed by atoms with Crippen molar-refractivity contribution in [3.05, 3.63) is 291 Å². The average Bonchev–Trinajstić information content (AvgIpc) is 4.41. The normalized spacial score (nSPS) is 12.7. The first kappa shape index (κ1) is 46.6. The standard InChI is InChI=1S/C69H48N4.C5H8/c1-69(2)59-43-51(70(47-21-9-4-10-22-47)48-23-11-5-12-24-48)35-37-53(59)54-38-36-52(44-60(54)69)72-62-30-18-16-28-58(62)66-64(72)42-40-56-55-39-41-63-65(57-27-15-17-29-61(57)71(63)49-25-13-6-14-26-49)67(55)73(68(56)66)50-33-31-46(32-34-50)45-19-7-3-8-20-45;1-3-5-4-2/h3-44H,1-2H3;3-5H,1H2,2H3/b;5-4-. The van der Waals surface area contributed by atoms with Crippen LogP contribution in [0.25, 0.3) is 105 Å². The van der Waals surface area contributed by atoms with Crippen LogP contribution in [0, 0.1) is 0 Å². The molecule has 4 heteroatoms. The van der Waals surface area contributed by atoms with Crippen LogP contribution in [-0.4, -0.2) is 13.7 Å². The SMILES string of the molecule is C=C/C=C\C.CC1(C)c2cc(N(c3ccccc3)c3ccccc3)ccc2-c2ccc(-n3c4ccccc4c4c3ccc3c5ccc6c(c7ccccc7n6-c6ccccc6)c5n(-c5ccc(-c6ccccc6)cc5)c34)cc21. The first-order valence-electron chi connectivity index (χ1n) is 27.0. The second-order valence-electron chi connectivity index (χ2n) is 20.9. The summed E-state index contributed by atoms with van der Waals surface area (Å²) in [5, 5.41) is 7.42. The molecule has 0 N–H and O–H groups in total. The van der Waals surface area contributed by atoms with E-state index in [4.69, 9.17) is 0 Å². The zero-order valence-corrected chi connectivity index (χ0v) is 44.0. The third kappa shape index (κ3) is 7.28. The summed E-state index contributed by atoms with van der Waals surface area (Å²) in [6.07, 6.45) is 5.58. The molecule has 0 radical (unpaired) electrons. The quantitative estimate of drug-likeness (QED) is 0.139. The molecule has 0 atom stereocenters. The van der Waals surface area contributed by atoms with Crippen molar-refractivity contribution in [3.63, 3.8) is 0 Å². The summed E-state index contributed by atoms with van der Waals surface area (Å²) in [6, 6.07) is 93.7. The number of nitrogens with zero attached hydrogens (tertiary/aromatic N) is 4. The van der Waals surface area contributed by atoms with Crippen LogP contribution in [-0.2, 0) is 5.41 Å². The zero-order chi connectivity index (χ0) is 52.5. The Bertz CT molecular complexity index is 4590. The molecule has 0 saturated carbocycles. The van der Waals surface area contributed by atoms with Gasteiger partial charge in [-0.1, -0.05) is 196 Å². The van der Waals surface area contributed by atoms with Crippen molar-refractivity contribution >= 4 is 82.5 Å². The number of rotatable bonds is 8. The Morgan fingerprint density at radius 3 is 1.36 bits per heavy atom. The van der Waals surface area contributed by atoms with Crippen LogP contribution >= 0.6 is 0 Å². The predicted molar refractivity (Wildman–Crippen MR) is 332 cm³/mol. The number of hydrogen-bond donors (Lipinski definition) is 0. The van der Waals surface area contributed by atoms with Gasteiger partial charge in [0.25, 0.3) is 0 Å². The second-order valence-corrected chi connectivity index (χ2v) is 20.9. The Balaban J connectivity index is 0.00000106. The molecule has 3 aromatic heterocycles. The van der Waals surface area contributed by atoms with Gasteiger partial charge in [-0.2, -0.15) is 0 Å². The van der Waals surface area contributed by atoms with Gasteiger partial charge in [0.15, 0.2) is 0 Å². The van der Waals surface area contributed by atoms with Crippen molar-refractivity contribution < 1.29 is 0 Å². The molecule has 372 valence electrons. The number of anilines is 3. The average molecular weight is 1000 g/mol. The molecule has 11 aromatic carbocycles. The first-order valence-corrected chi connectivity index (χ1v) is 27.0. The van der Waals surface area contributed by atoms with Gasteiger partial charge in [-0.25, -0.2) is 0 Å². The van der Waals surface area contributed by atoms with Crippen molar-refractivity contribution in [2.45, 2.75) is 26.2 Å². The van der Waals surface area contributed by atoms with Crippen LogP contribution in [0.1, 0.15) is 31.9 Å². The third-order valence-corrected chi connectivity index (χ3v) is 16.1. The Kier molecular flexibility index (Phi) is 11.2. The van der Waals surface area contributed by atoms with Crippen LogP contribution in [0.15, 0.2) is 280 Å². The molecule has 14 aromatic rings. The molecular formula is C74H56N4. The summed E-state index contributed by atoms with van der Waals surface area (Å²) < 4.78 is 7.53. The number of hydrogen-bond acceptors (Lipinski definition) is 1. The molecule has 3 heterocycles. The Hall–Kier alpha value is -9.90. The largest absolute Gasteiger partial charge is 0.310 e. The lowest BCUT2D eigenvalue weighted by Gasteiger charge is -2.28. The van der Waals surface area contributed by atoms with Gasteiger partial charge in [0.2, 0.25) is 0 Å². The lowest BCUT2D eigenvalue weighted by atomic mass is 9.82. The molecular weight excluding hydrogens is 945 g/mol. The van der Waals surface area contributed by atoms with E-state index in [0.29, 0.717) is 0 Å². The summed E-state index contributed by atoms with van der Waals surface area (Å²) in [7, 11) is 0. The summed E-state index contributed by atoms with van der Waals surface area (Å²) in [4.78, 5) is 2.37. The Morgan fingerprint density at radius 2 is 0.821 bits per heavy atom. The molecule has 0 fully saturated rings. The van der Waals surface area contributed by atoms with E-state index >= 15 is 0 Å². The molecule has 78 heavy (non-hydrogen) atoms. The van der Waals surface area contributed by atoms with Gasteiger partial charge in [0, 0.05) is 71.9 Å². The molecule has 0 spiro atoms. The smallest absolute Gasteiger partial charge is 0.0641 e. The molecule has 0 saturated heterocycles. The zero-order valence-electron chi connectivity index (χ0n) is 44.0. The van der Waals surface area contributed by atoms with Crippen molar-refractivity contribution in [2.24, 2.45) is 0 Å². The highest BCUT2D eigenvalue weighted by Gasteiger charge is 2.37. The highest BCUT2D eigenvalue weighted by atomic mass is 15.1. The van der Waals surface area contributed by atoms with Crippen LogP contribution < -0.4 is 4.90 Å². The van der Waals surface area contributed by atoms with E-state index in [1.807, 2.05) is 19.1 Å². The number of para-hydroxylation sites is 5. The van der Waals surface area contributed by atoms with Crippen molar-refractivity contribution in [2.75, 3.05) is 4.90 Å². The second kappa shape index (κ2) is 18.7. The molecule has 0 aliphatic heterocycles. The van der Waals surface area contributed by atoms with E-state index in [0.717, 1.165) is 34.1 Å². The predicted octanol–water partition coefficient (Wildman–Crippen LogP) is 20.2. The van der Waals surface area contributed by atoms with Crippen LogP contribution in [0.3, 0.4) is 0 Å². The molecule has 1 aliphatic carbocycles. The lowest BCUT2D eigenvalue weighted by molar-refractivity contribution is 0.660. The molecule has 0 amide bonds. The first-order chi connectivity index (χ1) is 38.4. The number of benzene rings is 11. The van der Waals surface area contributed by atoms with E-state index in [9.17, 15) is 0 Å². The maximum Gasteiger partial charge on any atom is 0.0641 e. The number of fused-ring (bicyclic) bond motifs is 14. The number of allylic oxidation sites excluding steroid dienone is 3. The van der Waals surface area contributed by atoms with Gasteiger partial charge in [0.1, 0.15) is 0 Å². The molecule has 15 rings (SSSR count). The minimum Gasteiger partial charge on any atom is -0.310 e. The Morgan fingerprint density at radius 1 is 0.372 bits per heavy atom. The van der Waals surface area contributed by atoms with Gasteiger partial charge in [-0.15, -0.1) is 0 Å². The van der Waals surface area contributed by atoms with Crippen LogP contribution in [0.2, 0.25) is 0 Å². The van der Waals surface area contributed by atoms with Crippen molar-refractivity contribution in [1.29, 1.82) is 0 Å². The maximum atomic E-state index is 3.46. The minimum atomic E-state index is -0.260. The Labute approximate surface area is 454 Å². The van der Waals surface area contributed by atoms with Gasteiger partial charge in [-0.05, 0) is 137 Å². The highest BCUT2D eigenvalue weighted by Crippen LogP contribution is 2.52. The summed E-state index contributed by atoms with van der Waals surface area (Å²) in [6.45, 7) is 10.2. The topological polar surface area (TPSA) is 18.0 Å². The molecule has 0 unspecified atom stereocenters. The van der Waals surface area contributed by atoms with Gasteiger partial charge in [-0.3, -0.25) is 0 Å². The van der Waals surface area contributed by atoms with Crippen LogP contribution in [0.4, 0.5) is 17.1 Å².